The first-order valence-corrected chi connectivity index (χ1v) is 5.52. The molecule has 1 aliphatic rings. The van der Waals surface area contributed by atoms with Gasteiger partial charge in [-0.15, -0.1) is 0 Å². The molecule has 1 unspecified atom stereocenters. The highest BCUT2D eigenvalue weighted by Gasteiger charge is 2.32. The van der Waals surface area contributed by atoms with Crippen molar-refractivity contribution in [2.24, 2.45) is 0 Å². The van der Waals surface area contributed by atoms with Crippen LogP contribution in [0.4, 0.5) is 0 Å². The van der Waals surface area contributed by atoms with Gasteiger partial charge in [-0.2, -0.15) is 5.26 Å². The molecule has 0 aliphatic carbocycles. The number of hydrogen-bond acceptors (Lipinski definition) is 3. The zero-order chi connectivity index (χ0) is 11.3. The molecule has 4 heteroatoms. The molecule has 1 N–H and O–H groups in total. The predicted molar refractivity (Wildman–Crippen MR) is 56.0 cm³/mol. The lowest BCUT2D eigenvalue weighted by molar-refractivity contribution is -0.131. The third kappa shape index (κ3) is 2.69. The summed E-state index contributed by atoms with van der Waals surface area (Å²) in [6.45, 7) is 4.46. The average molecular weight is 210 g/mol. The Balaban J connectivity index is 2.58. The Morgan fingerprint density at radius 2 is 2.27 bits per heavy atom. The van der Waals surface area contributed by atoms with Gasteiger partial charge in [0.2, 0.25) is 5.91 Å². The highest BCUT2D eigenvalue weighted by atomic mass is 16.5. The van der Waals surface area contributed by atoms with Crippen LogP contribution in [0, 0.1) is 11.3 Å². The zero-order valence-electron chi connectivity index (χ0n) is 9.38. The van der Waals surface area contributed by atoms with E-state index in [1.807, 2.05) is 13.8 Å². The molecule has 0 radical (unpaired) electrons. The van der Waals surface area contributed by atoms with Crippen LogP contribution in [-0.4, -0.2) is 24.2 Å². The molecule has 0 saturated carbocycles. The van der Waals surface area contributed by atoms with E-state index in [1.54, 1.807) is 0 Å². The maximum atomic E-state index is 11.8. The van der Waals surface area contributed by atoms with E-state index in [0.717, 1.165) is 12.8 Å². The topological polar surface area (TPSA) is 62.1 Å². The normalized spacial score (nSPS) is 21.0. The van der Waals surface area contributed by atoms with Gasteiger partial charge >= 0.3 is 0 Å². The molecular formula is C11H18N2O2. The van der Waals surface area contributed by atoms with Crippen molar-refractivity contribution in [2.75, 3.05) is 6.61 Å². The lowest BCUT2D eigenvalue weighted by Gasteiger charge is -2.26. The summed E-state index contributed by atoms with van der Waals surface area (Å²) in [6, 6.07) is 2.18. The number of hydrogen-bond donors (Lipinski definition) is 1. The summed E-state index contributed by atoms with van der Waals surface area (Å²) in [7, 11) is 0. The van der Waals surface area contributed by atoms with Crippen LogP contribution in [0.25, 0.3) is 0 Å². The van der Waals surface area contributed by atoms with E-state index in [4.69, 9.17) is 10.00 Å². The second kappa shape index (κ2) is 5.13. The molecule has 0 bridgehead atoms. The smallest absolute Gasteiger partial charge is 0.250 e. The van der Waals surface area contributed by atoms with Crippen molar-refractivity contribution in [1.82, 2.24) is 5.32 Å². The molecule has 0 aromatic carbocycles. The van der Waals surface area contributed by atoms with Crippen molar-refractivity contribution in [3.8, 4) is 6.07 Å². The molecule has 1 heterocycles. The quantitative estimate of drug-likeness (QED) is 0.762. The number of nitrogens with zero attached hydrogens (tertiary/aromatic N) is 1. The third-order valence-electron chi connectivity index (χ3n) is 3.01. The Kier molecular flexibility index (Phi) is 4.10. The Morgan fingerprint density at radius 3 is 2.67 bits per heavy atom. The van der Waals surface area contributed by atoms with Crippen LogP contribution in [-0.2, 0) is 9.53 Å². The first-order chi connectivity index (χ1) is 7.17. The Morgan fingerprint density at radius 1 is 1.60 bits per heavy atom. The summed E-state index contributed by atoms with van der Waals surface area (Å²) in [5, 5.41) is 11.9. The van der Waals surface area contributed by atoms with Crippen molar-refractivity contribution < 1.29 is 9.53 Å². The molecule has 1 fully saturated rings. The summed E-state index contributed by atoms with van der Waals surface area (Å²) >= 11 is 0. The van der Waals surface area contributed by atoms with Crippen molar-refractivity contribution in [3.63, 3.8) is 0 Å². The number of nitrogens with one attached hydrogen (secondary N) is 1. The number of rotatable bonds is 4. The minimum atomic E-state index is -0.719. The van der Waals surface area contributed by atoms with Crippen molar-refractivity contribution in [1.29, 1.82) is 5.26 Å². The average Bonchev–Trinajstić information content (AvgIpc) is 2.79. The second-order valence-electron chi connectivity index (χ2n) is 3.89. The SMILES string of the molecule is CCC(C#N)(CC)NC(=O)C1CCCO1. The molecule has 1 aliphatic heterocycles. The minimum absolute atomic E-state index is 0.141. The largest absolute Gasteiger partial charge is 0.368 e. The van der Waals surface area contributed by atoms with Crippen molar-refractivity contribution >= 4 is 5.91 Å². The maximum absolute atomic E-state index is 11.8. The summed E-state index contributed by atoms with van der Waals surface area (Å²) in [6.07, 6.45) is 2.59. The predicted octanol–water partition coefficient (Wildman–Crippen LogP) is 1.36. The highest BCUT2D eigenvalue weighted by molar-refractivity contribution is 5.82. The van der Waals surface area contributed by atoms with Crippen LogP contribution < -0.4 is 5.32 Å². The summed E-state index contributed by atoms with van der Waals surface area (Å²) in [5.74, 6) is -0.141. The van der Waals surface area contributed by atoms with E-state index in [9.17, 15) is 4.79 Å². The lowest BCUT2D eigenvalue weighted by Crippen LogP contribution is -2.50. The van der Waals surface area contributed by atoms with Gasteiger partial charge in [0.1, 0.15) is 11.6 Å². The van der Waals surface area contributed by atoms with E-state index in [1.165, 1.54) is 0 Å². The van der Waals surface area contributed by atoms with Gasteiger partial charge in [0.05, 0.1) is 6.07 Å². The number of carbonyl (C=O) groups excluding carboxylic acids is 1. The minimum Gasteiger partial charge on any atom is -0.368 e. The first kappa shape index (κ1) is 12.0. The van der Waals surface area contributed by atoms with Crippen LogP contribution in [0.5, 0.6) is 0 Å². The van der Waals surface area contributed by atoms with Gasteiger partial charge in [-0.1, -0.05) is 13.8 Å². The number of ether oxygens (including phenoxy) is 1. The molecule has 0 spiro atoms. The van der Waals surface area contributed by atoms with E-state index in [2.05, 4.69) is 11.4 Å². The van der Waals surface area contributed by atoms with Gasteiger partial charge < -0.3 is 10.1 Å². The highest BCUT2D eigenvalue weighted by Crippen LogP contribution is 2.17. The number of nitriles is 1. The molecular weight excluding hydrogens is 192 g/mol. The fourth-order valence-corrected chi connectivity index (χ4v) is 1.71. The number of carbonyl (C=O) groups is 1. The molecule has 1 saturated heterocycles. The molecule has 1 rings (SSSR count). The summed E-state index contributed by atoms with van der Waals surface area (Å²) < 4.78 is 5.27. The summed E-state index contributed by atoms with van der Waals surface area (Å²) in [4.78, 5) is 11.8. The molecule has 1 atom stereocenters. The molecule has 1 amide bonds. The third-order valence-corrected chi connectivity index (χ3v) is 3.01. The lowest BCUT2D eigenvalue weighted by atomic mass is 9.94. The van der Waals surface area contributed by atoms with Crippen LogP contribution >= 0.6 is 0 Å². The monoisotopic (exact) mass is 210 g/mol. The molecule has 0 aromatic heterocycles. The Labute approximate surface area is 90.6 Å². The van der Waals surface area contributed by atoms with Gasteiger partial charge in [-0.05, 0) is 25.7 Å². The zero-order valence-corrected chi connectivity index (χ0v) is 9.38. The Bertz CT molecular complexity index is 260. The van der Waals surface area contributed by atoms with Gasteiger partial charge in [-0.25, -0.2) is 0 Å². The van der Waals surface area contributed by atoms with Crippen molar-refractivity contribution in [2.45, 2.75) is 51.2 Å². The molecule has 15 heavy (non-hydrogen) atoms. The van der Waals surface area contributed by atoms with Crippen LogP contribution in [0.2, 0.25) is 0 Å². The van der Waals surface area contributed by atoms with Crippen LogP contribution in [0.1, 0.15) is 39.5 Å². The molecule has 4 nitrogen and oxygen atoms in total. The second-order valence-corrected chi connectivity index (χ2v) is 3.89. The van der Waals surface area contributed by atoms with Crippen LogP contribution in [0.3, 0.4) is 0 Å². The van der Waals surface area contributed by atoms with E-state index in [0.29, 0.717) is 19.4 Å². The van der Waals surface area contributed by atoms with Gasteiger partial charge in [0.25, 0.3) is 0 Å². The fourth-order valence-electron chi connectivity index (χ4n) is 1.71. The Hall–Kier alpha value is -1.08. The standard InChI is InChI=1S/C11H18N2O2/c1-3-11(4-2,8-12)13-10(14)9-6-5-7-15-9/h9H,3-7H2,1-2H3,(H,13,14). The van der Waals surface area contributed by atoms with E-state index >= 15 is 0 Å². The molecule has 0 aromatic rings. The first-order valence-electron chi connectivity index (χ1n) is 5.52. The van der Waals surface area contributed by atoms with E-state index < -0.39 is 5.54 Å². The van der Waals surface area contributed by atoms with Gasteiger partial charge in [-0.3, -0.25) is 4.79 Å². The van der Waals surface area contributed by atoms with Crippen LogP contribution in [0.15, 0.2) is 0 Å². The van der Waals surface area contributed by atoms with Crippen molar-refractivity contribution in [3.05, 3.63) is 0 Å². The van der Waals surface area contributed by atoms with E-state index in [-0.39, 0.29) is 12.0 Å². The van der Waals surface area contributed by atoms with Gasteiger partial charge in [0, 0.05) is 6.61 Å². The maximum Gasteiger partial charge on any atom is 0.250 e. The fraction of sp³-hybridized carbons (Fsp3) is 0.818. The summed E-state index contributed by atoms with van der Waals surface area (Å²) in [5.41, 5.74) is -0.719. The molecule has 84 valence electrons. The van der Waals surface area contributed by atoms with Gasteiger partial charge in [0.15, 0.2) is 0 Å². The number of amides is 1.